The summed E-state index contributed by atoms with van der Waals surface area (Å²) in [6.07, 6.45) is 3.71. The summed E-state index contributed by atoms with van der Waals surface area (Å²) in [6, 6.07) is 21.9. The van der Waals surface area contributed by atoms with Crippen molar-refractivity contribution in [1.82, 2.24) is 10.2 Å². The number of amides is 1. The van der Waals surface area contributed by atoms with E-state index < -0.39 is 0 Å². The van der Waals surface area contributed by atoms with E-state index in [9.17, 15) is 4.79 Å². The highest BCUT2D eigenvalue weighted by molar-refractivity contribution is 7.98. The first-order valence-corrected chi connectivity index (χ1v) is 10.1. The number of hydrogen-bond donors (Lipinski definition) is 1. The van der Waals surface area contributed by atoms with E-state index in [0.29, 0.717) is 6.54 Å². The quantitative estimate of drug-likeness (QED) is 0.591. The van der Waals surface area contributed by atoms with Crippen LogP contribution in [0.2, 0.25) is 0 Å². The molecule has 3 aromatic rings. The number of rotatable bonds is 8. The Labute approximate surface area is 164 Å². The van der Waals surface area contributed by atoms with Gasteiger partial charge in [-0.3, -0.25) is 10.1 Å². The van der Waals surface area contributed by atoms with Crippen LogP contribution < -0.4 is 5.32 Å². The predicted molar refractivity (Wildman–Crippen MR) is 110 cm³/mol. The lowest BCUT2D eigenvalue weighted by Gasteiger charge is -2.21. The van der Waals surface area contributed by atoms with Gasteiger partial charge in [0.15, 0.2) is 0 Å². The highest BCUT2D eigenvalue weighted by Crippen LogP contribution is 2.22. The molecule has 0 fully saturated rings. The van der Waals surface area contributed by atoms with Gasteiger partial charge < -0.3 is 9.32 Å². The number of carbonyl (C=O) groups is 1. The lowest BCUT2D eigenvalue weighted by molar-refractivity contribution is -0.129. The van der Waals surface area contributed by atoms with Crippen LogP contribution in [0.5, 0.6) is 0 Å². The van der Waals surface area contributed by atoms with E-state index in [1.54, 1.807) is 22.9 Å². The lowest BCUT2D eigenvalue weighted by atomic mass is 10.0. The molecule has 1 atom stereocenters. The molecule has 0 saturated heterocycles. The molecule has 1 amide bonds. The van der Waals surface area contributed by atoms with E-state index in [4.69, 9.17) is 4.42 Å². The van der Waals surface area contributed by atoms with Crippen LogP contribution in [0, 0.1) is 0 Å². The zero-order valence-electron chi connectivity index (χ0n) is 15.6. The van der Waals surface area contributed by atoms with Crippen molar-refractivity contribution in [2.75, 3.05) is 19.8 Å². The molecule has 5 heteroatoms. The maximum atomic E-state index is 12.6. The molecule has 0 spiro atoms. The summed E-state index contributed by atoms with van der Waals surface area (Å²) in [5.41, 5.74) is 2.19. The first-order valence-electron chi connectivity index (χ1n) is 8.86. The first-order chi connectivity index (χ1) is 13.2. The molecule has 27 heavy (non-hydrogen) atoms. The number of thioether (sulfide) groups is 1. The van der Waals surface area contributed by atoms with Crippen LogP contribution in [0.25, 0.3) is 0 Å². The Kier molecular flexibility index (Phi) is 6.74. The van der Waals surface area contributed by atoms with E-state index >= 15 is 0 Å². The Morgan fingerprint density at radius 1 is 1.07 bits per heavy atom. The van der Waals surface area contributed by atoms with Crippen LogP contribution in [0.4, 0.5) is 0 Å². The zero-order chi connectivity index (χ0) is 19.1. The molecule has 140 valence electrons. The van der Waals surface area contributed by atoms with Crippen LogP contribution in [0.3, 0.4) is 0 Å². The molecule has 0 aliphatic rings. The SMILES string of the molecule is CSc1ccc(CN(C)C(=O)CN[C@H](c2ccccc2)c2ccco2)cc1. The molecule has 1 N–H and O–H groups in total. The van der Waals surface area contributed by atoms with Crippen LogP contribution in [0.15, 0.2) is 82.3 Å². The fourth-order valence-corrected chi connectivity index (χ4v) is 3.31. The normalized spacial score (nSPS) is 11.9. The number of carbonyl (C=O) groups excluding carboxylic acids is 1. The van der Waals surface area contributed by atoms with Crippen molar-refractivity contribution in [3.05, 3.63) is 89.9 Å². The molecular weight excluding hydrogens is 356 g/mol. The van der Waals surface area contributed by atoms with Crippen molar-refractivity contribution >= 4 is 17.7 Å². The average molecular weight is 381 g/mol. The third-order valence-electron chi connectivity index (χ3n) is 4.42. The topological polar surface area (TPSA) is 45.5 Å². The fraction of sp³-hybridized carbons (Fsp3) is 0.227. The minimum Gasteiger partial charge on any atom is -0.467 e. The van der Waals surface area contributed by atoms with Crippen molar-refractivity contribution in [1.29, 1.82) is 0 Å². The second-order valence-electron chi connectivity index (χ2n) is 6.34. The number of nitrogens with zero attached hydrogens (tertiary/aromatic N) is 1. The summed E-state index contributed by atoms with van der Waals surface area (Å²) in [5, 5.41) is 3.33. The van der Waals surface area contributed by atoms with E-state index in [0.717, 1.165) is 16.9 Å². The molecule has 0 aliphatic heterocycles. The van der Waals surface area contributed by atoms with Crippen molar-refractivity contribution < 1.29 is 9.21 Å². The van der Waals surface area contributed by atoms with Gasteiger partial charge in [-0.2, -0.15) is 0 Å². The molecule has 1 aromatic heterocycles. The summed E-state index contributed by atoms with van der Waals surface area (Å²) < 4.78 is 5.57. The van der Waals surface area contributed by atoms with Gasteiger partial charge in [0.1, 0.15) is 5.76 Å². The smallest absolute Gasteiger partial charge is 0.236 e. The molecular formula is C22H24N2O2S. The Morgan fingerprint density at radius 2 is 1.81 bits per heavy atom. The summed E-state index contributed by atoms with van der Waals surface area (Å²) >= 11 is 1.71. The number of benzene rings is 2. The lowest BCUT2D eigenvalue weighted by Crippen LogP contribution is -2.37. The van der Waals surface area contributed by atoms with Gasteiger partial charge >= 0.3 is 0 Å². The van der Waals surface area contributed by atoms with E-state index in [2.05, 4.69) is 35.8 Å². The molecule has 0 bridgehead atoms. The summed E-state index contributed by atoms with van der Waals surface area (Å²) in [7, 11) is 1.83. The monoisotopic (exact) mass is 380 g/mol. The minimum absolute atomic E-state index is 0.0384. The van der Waals surface area contributed by atoms with Crippen molar-refractivity contribution in [3.63, 3.8) is 0 Å². The van der Waals surface area contributed by atoms with Gasteiger partial charge in [-0.15, -0.1) is 11.8 Å². The van der Waals surface area contributed by atoms with Gasteiger partial charge in [-0.25, -0.2) is 0 Å². The molecule has 2 aromatic carbocycles. The molecule has 0 saturated carbocycles. The third kappa shape index (κ3) is 5.25. The number of nitrogens with one attached hydrogen (secondary N) is 1. The largest absolute Gasteiger partial charge is 0.467 e. The second kappa shape index (κ2) is 9.44. The Balaban J connectivity index is 1.61. The summed E-state index contributed by atoms with van der Waals surface area (Å²) in [5.74, 6) is 0.834. The van der Waals surface area contributed by atoms with Gasteiger partial charge in [0, 0.05) is 18.5 Å². The molecule has 0 radical (unpaired) electrons. The molecule has 0 unspecified atom stereocenters. The van der Waals surface area contributed by atoms with Crippen LogP contribution in [0.1, 0.15) is 22.9 Å². The minimum atomic E-state index is -0.153. The van der Waals surface area contributed by atoms with Crippen molar-refractivity contribution in [2.24, 2.45) is 0 Å². The van der Waals surface area contributed by atoms with Gasteiger partial charge in [-0.1, -0.05) is 42.5 Å². The highest BCUT2D eigenvalue weighted by atomic mass is 32.2. The second-order valence-corrected chi connectivity index (χ2v) is 7.22. The summed E-state index contributed by atoms with van der Waals surface area (Å²) in [4.78, 5) is 15.6. The Hall–Kier alpha value is -2.50. The van der Waals surface area contributed by atoms with Crippen LogP contribution in [-0.4, -0.2) is 30.7 Å². The Bertz CT molecular complexity index is 833. The van der Waals surface area contributed by atoms with Gasteiger partial charge in [0.2, 0.25) is 5.91 Å². The first kappa shape index (κ1) is 19.3. The van der Waals surface area contributed by atoms with Gasteiger partial charge in [0.25, 0.3) is 0 Å². The maximum Gasteiger partial charge on any atom is 0.236 e. The average Bonchev–Trinajstić information content (AvgIpc) is 3.24. The standard InChI is InChI=1S/C22H24N2O2S/c1-24(16-17-10-12-19(27-2)13-11-17)21(25)15-23-22(20-9-6-14-26-20)18-7-4-3-5-8-18/h3-14,22-23H,15-16H2,1-2H3/t22-/m1/s1. The molecule has 3 rings (SSSR count). The predicted octanol–water partition coefficient (Wildman–Crippen LogP) is 4.34. The summed E-state index contributed by atoms with van der Waals surface area (Å²) in [6.45, 7) is 0.825. The zero-order valence-corrected chi connectivity index (χ0v) is 16.4. The number of hydrogen-bond acceptors (Lipinski definition) is 4. The molecule has 1 heterocycles. The van der Waals surface area contributed by atoms with Crippen molar-refractivity contribution in [3.8, 4) is 0 Å². The third-order valence-corrected chi connectivity index (χ3v) is 5.17. The highest BCUT2D eigenvalue weighted by Gasteiger charge is 2.18. The van der Waals surface area contributed by atoms with E-state index in [-0.39, 0.29) is 18.5 Å². The fourth-order valence-electron chi connectivity index (χ4n) is 2.90. The van der Waals surface area contributed by atoms with Crippen LogP contribution >= 0.6 is 11.8 Å². The van der Waals surface area contributed by atoms with Crippen molar-refractivity contribution in [2.45, 2.75) is 17.5 Å². The van der Waals surface area contributed by atoms with E-state index in [1.165, 1.54) is 4.90 Å². The number of likely N-dealkylation sites (N-methyl/N-ethyl adjacent to an activating group) is 1. The molecule has 4 nitrogen and oxygen atoms in total. The maximum absolute atomic E-state index is 12.6. The molecule has 0 aliphatic carbocycles. The Morgan fingerprint density at radius 3 is 2.44 bits per heavy atom. The number of furan rings is 1. The van der Waals surface area contributed by atoms with Gasteiger partial charge in [-0.05, 0) is 41.6 Å². The van der Waals surface area contributed by atoms with Crippen LogP contribution in [-0.2, 0) is 11.3 Å². The van der Waals surface area contributed by atoms with E-state index in [1.807, 2.05) is 49.5 Å². The van der Waals surface area contributed by atoms with Gasteiger partial charge in [0.05, 0.1) is 18.8 Å².